The number of hydrogen-bond acceptors (Lipinski definition) is 5. The fraction of sp³-hybridized carbons (Fsp3) is 0.611. The number of amidine groups is 1. The first-order valence-corrected chi connectivity index (χ1v) is 8.83. The molecule has 1 saturated heterocycles. The SMILES string of the molecule is CC(ON)C1CCc2cc(C(N)=NCC3CCNCC3)ccc2O1. The molecule has 2 aliphatic rings. The first kappa shape index (κ1) is 17.2. The Morgan fingerprint density at radius 1 is 1.38 bits per heavy atom. The number of hydrogen-bond donors (Lipinski definition) is 3. The number of aliphatic imine (C=N–C) groups is 1. The Bertz CT molecular complexity index is 584. The maximum Gasteiger partial charge on any atom is 0.127 e. The van der Waals surface area contributed by atoms with Crippen molar-refractivity contribution in [1.82, 2.24) is 5.32 Å². The summed E-state index contributed by atoms with van der Waals surface area (Å²) in [6.07, 6.45) is 4.06. The van der Waals surface area contributed by atoms with E-state index >= 15 is 0 Å². The van der Waals surface area contributed by atoms with Crippen LogP contribution in [0.15, 0.2) is 23.2 Å². The van der Waals surface area contributed by atoms with E-state index in [2.05, 4.69) is 16.4 Å². The molecule has 0 saturated carbocycles. The molecule has 2 atom stereocenters. The van der Waals surface area contributed by atoms with Gasteiger partial charge in [0, 0.05) is 12.1 Å². The fourth-order valence-corrected chi connectivity index (χ4v) is 3.37. The quantitative estimate of drug-likeness (QED) is 0.430. The van der Waals surface area contributed by atoms with Crippen molar-refractivity contribution in [3.63, 3.8) is 0 Å². The van der Waals surface area contributed by atoms with Crippen LogP contribution < -0.4 is 21.7 Å². The highest BCUT2D eigenvalue weighted by atomic mass is 16.6. The molecule has 0 aliphatic carbocycles. The summed E-state index contributed by atoms with van der Waals surface area (Å²) in [4.78, 5) is 9.50. The van der Waals surface area contributed by atoms with E-state index in [4.69, 9.17) is 21.2 Å². The zero-order valence-electron chi connectivity index (χ0n) is 14.3. The van der Waals surface area contributed by atoms with Gasteiger partial charge in [0.1, 0.15) is 23.8 Å². The van der Waals surface area contributed by atoms with Crippen molar-refractivity contribution in [2.45, 2.75) is 44.8 Å². The van der Waals surface area contributed by atoms with Crippen molar-refractivity contribution >= 4 is 5.84 Å². The van der Waals surface area contributed by atoms with Crippen molar-refractivity contribution in [3.8, 4) is 5.75 Å². The van der Waals surface area contributed by atoms with E-state index < -0.39 is 0 Å². The van der Waals surface area contributed by atoms with Crippen LogP contribution in [0.25, 0.3) is 0 Å². The molecular weight excluding hydrogens is 304 g/mol. The van der Waals surface area contributed by atoms with Crippen LogP contribution in [0.5, 0.6) is 5.75 Å². The Labute approximate surface area is 143 Å². The lowest BCUT2D eigenvalue weighted by atomic mass is 9.97. The van der Waals surface area contributed by atoms with Crippen LogP contribution in [0.3, 0.4) is 0 Å². The molecule has 6 heteroatoms. The molecular formula is C18H28N4O2. The van der Waals surface area contributed by atoms with Gasteiger partial charge in [0.15, 0.2) is 0 Å². The van der Waals surface area contributed by atoms with E-state index in [0.29, 0.717) is 11.8 Å². The first-order chi connectivity index (χ1) is 11.7. The van der Waals surface area contributed by atoms with E-state index in [1.807, 2.05) is 19.1 Å². The topological polar surface area (TPSA) is 94.9 Å². The minimum Gasteiger partial charge on any atom is -0.487 e. The number of aryl methyl sites for hydroxylation is 1. The van der Waals surface area contributed by atoms with Gasteiger partial charge in [0.25, 0.3) is 0 Å². The average molecular weight is 332 g/mol. The van der Waals surface area contributed by atoms with Crippen LogP contribution in [0.1, 0.15) is 37.3 Å². The van der Waals surface area contributed by atoms with Crippen molar-refractivity contribution in [3.05, 3.63) is 29.3 Å². The van der Waals surface area contributed by atoms with E-state index in [-0.39, 0.29) is 12.2 Å². The second-order valence-electron chi connectivity index (χ2n) is 6.78. The summed E-state index contributed by atoms with van der Waals surface area (Å²) in [5.41, 5.74) is 8.35. The molecule has 0 aromatic heterocycles. The molecule has 1 aromatic carbocycles. The fourth-order valence-electron chi connectivity index (χ4n) is 3.37. The van der Waals surface area contributed by atoms with Gasteiger partial charge in [-0.05, 0) is 75.4 Å². The number of benzene rings is 1. The first-order valence-electron chi connectivity index (χ1n) is 8.83. The molecule has 2 unspecified atom stereocenters. The Kier molecular flexibility index (Phi) is 5.71. The van der Waals surface area contributed by atoms with Gasteiger partial charge in [-0.1, -0.05) is 0 Å². The second kappa shape index (κ2) is 7.96. The largest absolute Gasteiger partial charge is 0.487 e. The van der Waals surface area contributed by atoms with Gasteiger partial charge < -0.3 is 15.8 Å². The maximum atomic E-state index is 6.20. The molecule has 0 bridgehead atoms. The molecule has 3 rings (SSSR count). The summed E-state index contributed by atoms with van der Waals surface area (Å²) >= 11 is 0. The highest BCUT2D eigenvalue weighted by Crippen LogP contribution is 2.30. The molecule has 6 nitrogen and oxygen atoms in total. The second-order valence-corrected chi connectivity index (χ2v) is 6.78. The van der Waals surface area contributed by atoms with E-state index in [1.165, 1.54) is 18.4 Å². The summed E-state index contributed by atoms with van der Waals surface area (Å²) in [6.45, 7) is 4.91. The Balaban J connectivity index is 1.65. The zero-order valence-corrected chi connectivity index (χ0v) is 14.3. The van der Waals surface area contributed by atoms with Crippen molar-refractivity contribution < 1.29 is 9.57 Å². The van der Waals surface area contributed by atoms with Gasteiger partial charge in [0.05, 0.1) is 0 Å². The van der Waals surface area contributed by atoms with E-state index in [1.54, 1.807) is 0 Å². The molecule has 1 fully saturated rings. The van der Waals surface area contributed by atoms with Gasteiger partial charge in [-0.15, -0.1) is 0 Å². The molecule has 2 heterocycles. The summed E-state index contributed by atoms with van der Waals surface area (Å²) in [5, 5.41) is 3.37. The lowest BCUT2D eigenvalue weighted by molar-refractivity contribution is -0.0238. The van der Waals surface area contributed by atoms with E-state index in [0.717, 1.165) is 43.8 Å². The van der Waals surface area contributed by atoms with Gasteiger partial charge in [-0.2, -0.15) is 0 Å². The zero-order chi connectivity index (χ0) is 16.9. The van der Waals surface area contributed by atoms with Crippen LogP contribution in [-0.4, -0.2) is 37.7 Å². The highest BCUT2D eigenvalue weighted by Gasteiger charge is 2.25. The summed E-state index contributed by atoms with van der Waals surface area (Å²) in [7, 11) is 0. The predicted molar refractivity (Wildman–Crippen MR) is 95.1 cm³/mol. The van der Waals surface area contributed by atoms with E-state index in [9.17, 15) is 0 Å². The number of nitrogens with zero attached hydrogens (tertiary/aromatic N) is 1. The molecule has 1 aromatic rings. The third-order valence-electron chi connectivity index (χ3n) is 5.05. The van der Waals surface area contributed by atoms with Crippen LogP contribution in [0.4, 0.5) is 0 Å². The molecule has 24 heavy (non-hydrogen) atoms. The number of rotatable bonds is 5. The highest BCUT2D eigenvalue weighted by molar-refractivity contribution is 5.97. The Hall–Kier alpha value is -1.63. The van der Waals surface area contributed by atoms with Crippen molar-refractivity contribution in [1.29, 1.82) is 0 Å². The predicted octanol–water partition coefficient (Wildman–Crippen LogP) is 1.36. The lowest BCUT2D eigenvalue weighted by Crippen LogP contribution is -2.36. The van der Waals surface area contributed by atoms with Crippen LogP contribution in [-0.2, 0) is 11.3 Å². The maximum absolute atomic E-state index is 6.20. The third kappa shape index (κ3) is 4.06. The van der Waals surface area contributed by atoms with Gasteiger partial charge in [-0.25, -0.2) is 5.90 Å². The van der Waals surface area contributed by atoms with Gasteiger partial charge in [0.2, 0.25) is 0 Å². The Morgan fingerprint density at radius 2 is 2.17 bits per heavy atom. The summed E-state index contributed by atoms with van der Waals surface area (Å²) in [6, 6.07) is 6.06. The summed E-state index contributed by atoms with van der Waals surface area (Å²) in [5.74, 6) is 7.42. The smallest absolute Gasteiger partial charge is 0.127 e. The average Bonchev–Trinajstić information content (AvgIpc) is 2.65. The van der Waals surface area contributed by atoms with Crippen LogP contribution in [0.2, 0.25) is 0 Å². The van der Waals surface area contributed by atoms with Crippen molar-refractivity contribution in [2.24, 2.45) is 22.5 Å². The van der Waals surface area contributed by atoms with Crippen LogP contribution in [0, 0.1) is 5.92 Å². The minimum atomic E-state index is -0.116. The number of fused-ring (bicyclic) bond motifs is 1. The van der Waals surface area contributed by atoms with Crippen molar-refractivity contribution in [2.75, 3.05) is 19.6 Å². The standard InChI is InChI=1S/C18H28N4O2/c1-12(24-20)16-4-2-14-10-15(3-5-17(14)23-16)18(19)22-11-13-6-8-21-9-7-13/h3,5,10,12-13,16,21H,2,4,6-9,11,20H2,1H3,(H2,19,22). The number of ether oxygens (including phenoxy) is 1. The number of nitrogens with two attached hydrogens (primary N) is 2. The molecule has 0 amide bonds. The minimum absolute atomic E-state index is 0.000671. The molecule has 5 N–H and O–H groups in total. The normalized spacial score (nSPS) is 23.4. The Morgan fingerprint density at radius 3 is 2.92 bits per heavy atom. The summed E-state index contributed by atoms with van der Waals surface area (Å²) < 4.78 is 5.98. The molecule has 0 spiro atoms. The monoisotopic (exact) mass is 332 g/mol. The van der Waals surface area contributed by atoms with Gasteiger partial charge in [-0.3, -0.25) is 9.83 Å². The third-order valence-corrected chi connectivity index (χ3v) is 5.05. The molecule has 132 valence electrons. The van der Waals surface area contributed by atoms with Crippen LogP contribution >= 0.6 is 0 Å². The number of piperidine rings is 1. The van der Waals surface area contributed by atoms with Gasteiger partial charge >= 0.3 is 0 Å². The number of nitrogens with one attached hydrogen (secondary N) is 1. The molecule has 0 radical (unpaired) electrons. The molecule has 2 aliphatic heterocycles. The lowest BCUT2D eigenvalue weighted by Gasteiger charge is -2.29.